The maximum Gasteiger partial charge on any atom is 0.336 e. The Labute approximate surface area is 105 Å². The van der Waals surface area contributed by atoms with Crippen molar-refractivity contribution in [1.29, 1.82) is 0 Å². The van der Waals surface area contributed by atoms with E-state index in [1.54, 1.807) is 30.3 Å². The minimum Gasteiger partial charge on any atom is -0.478 e. The predicted molar refractivity (Wildman–Crippen MR) is 68.6 cm³/mol. The first kappa shape index (κ1) is 12.3. The lowest BCUT2D eigenvalue weighted by Crippen LogP contribution is -2.08. The van der Waals surface area contributed by atoms with Crippen LogP contribution >= 0.6 is 0 Å². The van der Waals surface area contributed by atoms with Gasteiger partial charge in [0.25, 0.3) is 0 Å². The summed E-state index contributed by atoms with van der Waals surface area (Å²) in [5.74, 6) is -1.02. The fraction of sp³-hybridized carbons (Fsp3) is 0.133. The van der Waals surface area contributed by atoms with E-state index in [2.05, 4.69) is 0 Å². The van der Waals surface area contributed by atoms with Crippen LogP contribution in [0.15, 0.2) is 48.5 Å². The van der Waals surface area contributed by atoms with E-state index in [0.717, 1.165) is 5.56 Å². The number of hydrogen-bond donors (Lipinski definition) is 2. The summed E-state index contributed by atoms with van der Waals surface area (Å²) in [6, 6.07) is 14.1. The van der Waals surface area contributed by atoms with Crippen molar-refractivity contribution in [3.8, 4) is 0 Å². The van der Waals surface area contributed by atoms with Crippen molar-refractivity contribution in [3.63, 3.8) is 0 Å². The van der Waals surface area contributed by atoms with Crippen LogP contribution in [0.2, 0.25) is 0 Å². The predicted octanol–water partition coefficient (Wildman–Crippen LogP) is 2.77. The Bertz CT molecular complexity index is 561. The van der Waals surface area contributed by atoms with E-state index in [4.69, 9.17) is 0 Å². The second-order valence-corrected chi connectivity index (χ2v) is 4.21. The third-order valence-corrected chi connectivity index (χ3v) is 2.85. The van der Waals surface area contributed by atoms with E-state index >= 15 is 0 Å². The minimum atomic E-state index is -1.02. The molecule has 0 aromatic heterocycles. The molecule has 1 unspecified atom stereocenters. The Kier molecular flexibility index (Phi) is 3.44. The van der Waals surface area contributed by atoms with E-state index in [9.17, 15) is 15.0 Å². The summed E-state index contributed by atoms with van der Waals surface area (Å²) in [5, 5.41) is 19.4. The van der Waals surface area contributed by atoms with Crippen molar-refractivity contribution in [2.75, 3.05) is 0 Å². The molecule has 2 N–H and O–H groups in total. The number of hydrogen-bond acceptors (Lipinski definition) is 2. The smallest absolute Gasteiger partial charge is 0.336 e. The molecule has 0 saturated carbocycles. The van der Waals surface area contributed by atoms with Gasteiger partial charge in [-0.05, 0) is 24.1 Å². The first-order chi connectivity index (χ1) is 8.59. The lowest BCUT2D eigenvalue weighted by Gasteiger charge is -2.14. The molecule has 1 atom stereocenters. The Hall–Kier alpha value is -2.13. The van der Waals surface area contributed by atoms with Gasteiger partial charge >= 0.3 is 5.97 Å². The Morgan fingerprint density at radius 3 is 2.39 bits per heavy atom. The molecule has 3 nitrogen and oxygen atoms in total. The zero-order valence-electron chi connectivity index (χ0n) is 10.00. The number of benzene rings is 2. The highest BCUT2D eigenvalue weighted by atomic mass is 16.4. The molecular weight excluding hydrogens is 228 g/mol. The van der Waals surface area contributed by atoms with Crippen LogP contribution in [0.4, 0.5) is 0 Å². The monoisotopic (exact) mass is 242 g/mol. The van der Waals surface area contributed by atoms with Gasteiger partial charge in [0.2, 0.25) is 0 Å². The molecule has 0 bridgehead atoms. The number of aryl methyl sites for hydroxylation is 1. The molecule has 0 aliphatic heterocycles. The van der Waals surface area contributed by atoms with Crippen LogP contribution in [0.25, 0.3) is 0 Å². The van der Waals surface area contributed by atoms with Crippen LogP contribution in [0.1, 0.15) is 33.2 Å². The third kappa shape index (κ3) is 2.41. The standard InChI is InChI=1S/C15H14O3/c1-10-7-8-12(13(9-10)15(17)18)14(16)11-5-3-2-4-6-11/h2-9,14,16H,1H3,(H,17,18). The zero-order chi connectivity index (χ0) is 13.1. The number of aliphatic hydroxyl groups excluding tert-OH is 1. The molecule has 0 fully saturated rings. The van der Waals surface area contributed by atoms with Gasteiger partial charge in [0, 0.05) is 0 Å². The molecule has 2 aromatic rings. The average molecular weight is 242 g/mol. The van der Waals surface area contributed by atoms with Crippen molar-refractivity contribution >= 4 is 5.97 Å². The van der Waals surface area contributed by atoms with Crippen LogP contribution < -0.4 is 0 Å². The Balaban J connectivity index is 2.48. The van der Waals surface area contributed by atoms with Gasteiger partial charge in [-0.2, -0.15) is 0 Å². The molecule has 0 amide bonds. The van der Waals surface area contributed by atoms with Crippen LogP contribution in [0.5, 0.6) is 0 Å². The maximum absolute atomic E-state index is 11.2. The SMILES string of the molecule is Cc1ccc(C(O)c2ccccc2)c(C(=O)O)c1. The van der Waals surface area contributed by atoms with E-state index in [-0.39, 0.29) is 5.56 Å². The summed E-state index contributed by atoms with van der Waals surface area (Å²) >= 11 is 0. The number of carbonyl (C=O) groups is 1. The quantitative estimate of drug-likeness (QED) is 0.870. The van der Waals surface area contributed by atoms with Gasteiger partial charge < -0.3 is 10.2 Å². The highest BCUT2D eigenvalue weighted by Crippen LogP contribution is 2.25. The van der Waals surface area contributed by atoms with Crippen LogP contribution in [-0.2, 0) is 0 Å². The number of carboxylic acid groups (broad SMARTS) is 1. The second kappa shape index (κ2) is 5.02. The fourth-order valence-corrected chi connectivity index (χ4v) is 1.91. The Morgan fingerprint density at radius 1 is 1.11 bits per heavy atom. The van der Waals surface area contributed by atoms with Gasteiger partial charge in [0.1, 0.15) is 6.10 Å². The van der Waals surface area contributed by atoms with E-state index in [0.29, 0.717) is 11.1 Å². The van der Waals surface area contributed by atoms with Crippen molar-refractivity contribution in [3.05, 3.63) is 70.8 Å². The van der Waals surface area contributed by atoms with Gasteiger partial charge in [-0.15, -0.1) is 0 Å². The highest BCUT2D eigenvalue weighted by Gasteiger charge is 2.18. The fourth-order valence-electron chi connectivity index (χ4n) is 1.91. The molecule has 0 saturated heterocycles. The minimum absolute atomic E-state index is 0.145. The van der Waals surface area contributed by atoms with Gasteiger partial charge in [0.15, 0.2) is 0 Å². The molecule has 0 radical (unpaired) electrons. The first-order valence-corrected chi connectivity index (χ1v) is 5.66. The summed E-state index contributed by atoms with van der Waals surface area (Å²) in [6.07, 6.45) is -0.919. The first-order valence-electron chi connectivity index (χ1n) is 5.66. The topological polar surface area (TPSA) is 57.5 Å². The largest absolute Gasteiger partial charge is 0.478 e. The summed E-state index contributed by atoms with van der Waals surface area (Å²) in [4.78, 5) is 11.2. The van der Waals surface area contributed by atoms with Gasteiger partial charge in [-0.1, -0.05) is 48.0 Å². The number of carboxylic acids is 1. The summed E-state index contributed by atoms with van der Waals surface area (Å²) in [6.45, 7) is 1.82. The molecule has 0 aliphatic carbocycles. The molecule has 2 aromatic carbocycles. The van der Waals surface area contributed by atoms with Crippen molar-refractivity contribution in [2.45, 2.75) is 13.0 Å². The molecule has 0 spiro atoms. The number of aromatic carboxylic acids is 1. The molecule has 2 rings (SSSR count). The van der Waals surface area contributed by atoms with Crippen molar-refractivity contribution in [2.24, 2.45) is 0 Å². The summed E-state index contributed by atoms with van der Waals surface area (Å²) in [5.41, 5.74) is 2.10. The van der Waals surface area contributed by atoms with Crippen molar-refractivity contribution in [1.82, 2.24) is 0 Å². The van der Waals surface area contributed by atoms with E-state index in [1.165, 1.54) is 0 Å². The summed E-state index contributed by atoms with van der Waals surface area (Å²) in [7, 11) is 0. The third-order valence-electron chi connectivity index (χ3n) is 2.85. The second-order valence-electron chi connectivity index (χ2n) is 4.21. The van der Waals surface area contributed by atoms with Crippen LogP contribution in [0, 0.1) is 6.92 Å². The zero-order valence-corrected chi connectivity index (χ0v) is 10.00. The maximum atomic E-state index is 11.2. The average Bonchev–Trinajstić information content (AvgIpc) is 2.39. The lowest BCUT2D eigenvalue weighted by atomic mass is 9.95. The molecule has 3 heteroatoms. The van der Waals surface area contributed by atoms with Gasteiger partial charge in [0.05, 0.1) is 5.56 Å². The molecule has 92 valence electrons. The van der Waals surface area contributed by atoms with E-state index < -0.39 is 12.1 Å². The molecule has 0 aliphatic rings. The normalized spacial score (nSPS) is 12.1. The summed E-state index contributed by atoms with van der Waals surface area (Å²) < 4.78 is 0. The number of aliphatic hydroxyl groups is 1. The molecular formula is C15H14O3. The molecule has 18 heavy (non-hydrogen) atoms. The highest BCUT2D eigenvalue weighted by molar-refractivity contribution is 5.90. The lowest BCUT2D eigenvalue weighted by molar-refractivity contribution is 0.0691. The van der Waals surface area contributed by atoms with Gasteiger partial charge in [-0.25, -0.2) is 4.79 Å². The van der Waals surface area contributed by atoms with E-state index in [1.807, 2.05) is 25.1 Å². The van der Waals surface area contributed by atoms with Crippen LogP contribution in [-0.4, -0.2) is 16.2 Å². The van der Waals surface area contributed by atoms with Crippen LogP contribution in [0.3, 0.4) is 0 Å². The molecule has 0 heterocycles. The van der Waals surface area contributed by atoms with Gasteiger partial charge in [-0.3, -0.25) is 0 Å². The van der Waals surface area contributed by atoms with Crippen molar-refractivity contribution < 1.29 is 15.0 Å². The number of rotatable bonds is 3. The Morgan fingerprint density at radius 2 is 1.78 bits per heavy atom.